The monoisotopic (exact) mass is 294 g/mol. The molecule has 4 amide bonds. The molecule has 0 bridgehead atoms. The molecule has 8 heteroatoms. The van der Waals surface area contributed by atoms with Crippen LogP contribution >= 0.6 is 0 Å². The van der Waals surface area contributed by atoms with Crippen LogP contribution in [0.1, 0.15) is 5.56 Å². The fourth-order valence-corrected chi connectivity index (χ4v) is 1.62. The van der Waals surface area contributed by atoms with E-state index in [2.05, 4.69) is 16.0 Å². The van der Waals surface area contributed by atoms with Gasteiger partial charge in [0, 0.05) is 19.5 Å². The first kappa shape index (κ1) is 16.3. The Balaban J connectivity index is 2.41. The summed E-state index contributed by atoms with van der Waals surface area (Å²) in [6, 6.07) is 6.64. The Morgan fingerprint density at radius 1 is 1.10 bits per heavy atom. The van der Waals surface area contributed by atoms with Gasteiger partial charge < -0.3 is 26.8 Å². The molecular weight excluding hydrogens is 276 g/mol. The minimum Gasteiger partial charge on any atom is -0.480 e. The number of carbonyl (C=O) groups is 3. The Bertz CT molecular complexity index is 492. The molecule has 0 spiro atoms. The van der Waals surface area contributed by atoms with E-state index in [0.717, 1.165) is 5.56 Å². The van der Waals surface area contributed by atoms with Crippen molar-refractivity contribution >= 4 is 18.0 Å². The molecule has 0 saturated carbocycles. The van der Waals surface area contributed by atoms with E-state index in [-0.39, 0.29) is 19.5 Å². The third-order valence-electron chi connectivity index (χ3n) is 2.60. The van der Waals surface area contributed by atoms with Crippen LogP contribution in [0.4, 0.5) is 9.59 Å². The van der Waals surface area contributed by atoms with E-state index in [1.54, 1.807) is 24.3 Å². The van der Waals surface area contributed by atoms with Gasteiger partial charge in [0.05, 0.1) is 0 Å². The number of aliphatic carboxylic acids is 1. The molecular formula is C13H18N4O4. The zero-order valence-electron chi connectivity index (χ0n) is 11.3. The van der Waals surface area contributed by atoms with Gasteiger partial charge in [0.15, 0.2) is 0 Å². The van der Waals surface area contributed by atoms with E-state index in [9.17, 15) is 14.4 Å². The fourth-order valence-electron chi connectivity index (χ4n) is 1.62. The third kappa shape index (κ3) is 6.81. The number of carbonyl (C=O) groups excluding carboxylic acids is 2. The number of carboxylic acid groups (broad SMARTS) is 1. The summed E-state index contributed by atoms with van der Waals surface area (Å²) >= 11 is 0. The Kier molecular flexibility index (Phi) is 6.52. The molecule has 0 fully saturated rings. The molecule has 8 nitrogen and oxygen atoms in total. The highest BCUT2D eigenvalue weighted by atomic mass is 16.4. The first-order valence-corrected chi connectivity index (χ1v) is 6.33. The zero-order chi connectivity index (χ0) is 15.7. The van der Waals surface area contributed by atoms with Crippen LogP contribution in [0, 0.1) is 0 Å². The highest BCUT2D eigenvalue weighted by molar-refractivity contribution is 5.82. The number of rotatable bonds is 7. The van der Waals surface area contributed by atoms with E-state index in [4.69, 9.17) is 10.8 Å². The van der Waals surface area contributed by atoms with Crippen molar-refractivity contribution < 1.29 is 19.5 Å². The number of urea groups is 2. The van der Waals surface area contributed by atoms with E-state index < -0.39 is 24.1 Å². The Morgan fingerprint density at radius 3 is 2.29 bits per heavy atom. The van der Waals surface area contributed by atoms with E-state index in [1.807, 2.05) is 6.07 Å². The van der Waals surface area contributed by atoms with Gasteiger partial charge in [-0.2, -0.15) is 0 Å². The molecule has 21 heavy (non-hydrogen) atoms. The van der Waals surface area contributed by atoms with Gasteiger partial charge in [-0.25, -0.2) is 14.4 Å². The quantitative estimate of drug-likeness (QED) is 0.439. The first-order chi connectivity index (χ1) is 9.99. The minimum absolute atomic E-state index is 0.145. The van der Waals surface area contributed by atoms with Gasteiger partial charge in [-0.1, -0.05) is 30.3 Å². The van der Waals surface area contributed by atoms with Crippen LogP contribution in [0.15, 0.2) is 30.3 Å². The van der Waals surface area contributed by atoms with Crippen molar-refractivity contribution in [3.63, 3.8) is 0 Å². The number of carboxylic acids is 1. The predicted octanol–water partition coefficient (Wildman–Crippen LogP) is -0.350. The van der Waals surface area contributed by atoms with Crippen molar-refractivity contribution in [1.82, 2.24) is 16.0 Å². The number of hydrogen-bond donors (Lipinski definition) is 5. The molecule has 0 saturated heterocycles. The van der Waals surface area contributed by atoms with Crippen LogP contribution in [0.3, 0.4) is 0 Å². The lowest BCUT2D eigenvalue weighted by Crippen LogP contribution is -2.48. The molecule has 1 aromatic rings. The normalized spacial score (nSPS) is 11.2. The summed E-state index contributed by atoms with van der Waals surface area (Å²) in [7, 11) is 0. The van der Waals surface area contributed by atoms with Gasteiger partial charge in [-0.3, -0.25) is 0 Å². The largest absolute Gasteiger partial charge is 0.480 e. The van der Waals surface area contributed by atoms with E-state index in [1.165, 1.54) is 0 Å². The molecule has 1 aromatic carbocycles. The van der Waals surface area contributed by atoms with E-state index in [0.29, 0.717) is 0 Å². The number of hydrogen-bond acceptors (Lipinski definition) is 3. The highest BCUT2D eigenvalue weighted by Gasteiger charge is 2.19. The Morgan fingerprint density at radius 2 is 1.71 bits per heavy atom. The van der Waals surface area contributed by atoms with Crippen LogP contribution in [0.2, 0.25) is 0 Å². The smallest absolute Gasteiger partial charge is 0.326 e. The van der Waals surface area contributed by atoms with Crippen molar-refractivity contribution in [1.29, 1.82) is 0 Å². The van der Waals surface area contributed by atoms with Crippen molar-refractivity contribution in [2.24, 2.45) is 5.73 Å². The maximum atomic E-state index is 11.6. The second-order valence-electron chi connectivity index (χ2n) is 4.27. The van der Waals surface area contributed by atoms with Gasteiger partial charge in [-0.05, 0) is 5.56 Å². The standard InChI is InChI=1S/C13H18N4O4/c14-12(20)15-6-7-16-13(21)17-10(11(18)19)8-9-4-2-1-3-5-9/h1-5,10H,6-8H2,(H,18,19)(H3,14,15,20)(H2,16,17,21). The first-order valence-electron chi connectivity index (χ1n) is 6.33. The van der Waals surface area contributed by atoms with Gasteiger partial charge in [0.25, 0.3) is 0 Å². The van der Waals surface area contributed by atoms with Gasteiger partial charge in [-0.15, -0.1) is 0 Å². The second kappa shape index (κ2) is 8.41. The van der Waals surface area contributed by atoms with Crippen molar-refractivity contribution in [2.75, 3.05) is 13.1 Å². The third-order valence-corrected chi connectivity index (χ3v) is 2.60. The Hall–Kier alpha value is -2.77. The van der Waals surface area contributed by atoms with Crippen LogP contribution in [-0.2, 0) is 11.2 Å². The second-order valence-corrected chi connectivity index (χ2v) is 4.27. The van der Waals surface area contributed by atoms with Gasteiger partial charge in [0.2, 0.25) is 0 Å². The summed E-state index contributed by atoms with van der Waals surface area (Å²) in [5.41, 5.74) is 5.67. The number of benzene rings is 1. The molecule has 0 heterocycles. The summed E-state index contributed by atoms with van der Waals surface area (Å²) in [4.78, 5) is 33.1. The number of nitrogens with one attached hydrogen (secondary N) is 3. The summed E-state index contributed by atoms with van der Waals surface area (Å²) < 4.78 is 0. The molecule has 1 unspecified atom stereocenters. The molecule has 0 aliphatic heterocycles. The average molecular weight is 294 g/mol. The molecule has 6 N–H and O–H groups in total. The molecule has 0 aliphatic rings. The summed E-state index contributed by atoms with van der Waals surface area (Å²) in [6.45, 7) is 0.311. The maximum Gasteiger partial charge on any atom is 0.326 e. The zero-order valence-corrected chi connectivity index (χ0v) is 11.3. The highest BCUT2D eigenvalue weighted by Crippen LogP contribution is 2.03. The lowest BCUT2D eigenvalue weighted by atomic mass is 10.1. The number of primary amides is 1. The van der Waals surface area contributed by atoms with Crippen molar-refractivity contribution in [3.8, 4) is 0 Å². The molecule has 0 radical (unpaired) electrons. The Labute approximate surface area is 121 Å². The van der Waals surface area contributed by atoms with Gasteiger partial charge in [0.1, 0.15) is 6.04 Å². The summed E-state index contributed by atoms with van der Waals surface area (Å²) in [5, 5.41) is 16.2. The topological polar surface area (TPSA) is 134 Å². The summed E-state index contributed by atoms with van der Waals surface area (Å²) in [6.07, 6.45) is 0.184. The molecule has 0 aliphatic carbocycles. The van der Waals surface area contributed by atoms with Crippen LogP contribution in [-0.4, -0.2) is 42.3 Å². The maximum absolute atomic E-state index is 11.6. The fraction of sp³-hybridized carbons (Fsp3) is 0.308. The molecule has 1 atom stereocenters. The minimum atomic E-state index is -1.12. The lowest BCUT2D eigenvalue weighted by molar-refractivity contribution is -0.139. The number of nitrogens with two attached hydrogens (primary N) is 1. The predicted molar refractivity (Wildman–Crippen MR) is 75.7 cm³/mol. The molecule has 114 valence electrons. The SMILES string of the molecule is NC(=O)NCCNC(=O)NC(Cc1ccccc1)C(=O)O. The van der Waals surface area contributed by atoms with Gasteiger partial charge >= 0.3 is 18.0 Å². The van der Waals surface area contributed by atoms with Crippen molar-refractivity contribution in [2.45, 2.75) is 12.5 Å². The molecule has 0 aromatic heterocycles. The van der Waals surface area contributed by atoms with Crippen LogP contribution < -0.4 is 21.7 Å². The van der Waals surface area contributed by atoms with Crippen LogP contribution in [0.5, 0.6) is 0 Å². The lowest BCUT2D eigenvalue weighted by Gasteiger charge is -2.15. The van der Waals surface area contributed by atoms with E-state index >= 15 is 0 Å². The van der Waals surface area contributed by atoms with Crippen LogP contribution in [0.25, 0.3) is 0 Å². The molecule has 1 rings (SSSR count). The summed E-state index contributed by atoms with van der Waals surface area (Å²) in [5.74, 6) is -1.12. The van der Waals surface area contributed by atoms with Crippen molar-refractivity contribution in [3.05, 3.63) is 35.9 Å². The average Bonchev–Trinajstić information content (AvgIpc) is 2.44. The number of amides is 4.